The van der Waals surface area contributed by atoms with Gasteiger partial charge in [0, 0.05) is 12.4 Å². The van der Waals surface area contributed by atoms with Gasteiger partial charge in [-0.05, 0) is 12.1 Å². The van der Waals surface area contributed by atoms with Gasteiger partial charge in [0.15, 0.2) is 0 Å². The van der Waals surface area contributed by atoms with Crippen molar-refractivity contribution in [2.45, 2.75) is 11.6 Å². The van der Waals surface area contributed by atoms with Crippen molar-refractivity contribution >= 4 is 27.3 Å². The molecule has 20 heavy (non-hydrogen) atoms. The summed E-state index contributed by atoms with van der Waals surface area (Å²) < 4.78 is 35.1. The zero-order valence-corrected chi connectivity index (χ0v) is 12.4. The number of methoxy groups -OCH3 is 1. The number of nitrogens with zero attached hydrogens (tertiary/aromatic N) is 2. The highest BCUT2D eigenvalue weighted by molar-refractivity contribution is 7.88. The number of aromatic nitrogens is 1. The number of furan rings is 1. The Morgan fingerprint density at radius 3 is 2.85 bits per heavy atom. The number of carbonyl (C=O) groups excluding carboxylic acids is 1. The molecule has 9 heteroatoms. The van der Waals surface area contributed by atoms with E-state index in [1.165, 1.54) is 37.6 Å². The van der Waals surface area contributed by atoms with Crippen LogP contribution in [0.4, 0.5) is 0 Å². The molecule has 0 amide bonds. The zero-order valence-electron chi connectivity index (χ0n) is 10.8. The molecule has 2 heterocycles. The van der Waals surface area contributed by atoms with Crippen molar-refractivity contribution in [2.24, 2.45) is 0 Å². The fraction of sp³-hybridized carbons (Fsp3) is 0.273. The van der Waals surface area contributed by atoms with Gasteiger partial charge in [0.05, 0.1) is 24.9 Å². The van der Waals surface area contributed by atoms with Crippen molar-refractivity contribution in [3.8, 4) is 0 Å². The van der Waals surface area contributed by atoms with Gasteiger partial charge in [-0.3, -0.25) is 0 Å². The van der Waals surface area contributed by atoms with Crippen LogP contribution >= 0.6 is 11.3 Å². The van der Waals surface area contributed by atoms with Gasteiger partial charge in [-0.15, -0.1) is 11.3 Å². The molecule has 0 unspecified atom stereocenters. The predicted molar refractivity (Wildman–Crippen MR) is 70.8 cm³/mol. The molecule has 0 spiro atoms. The van der Waals surface area contributed by atoms with Crippen LogP contribution in [-0.4, -0.2) is 37.8 Å². The van der Waals surface area contributed by atoms with E-state index in [2.05, 4.69) is 9.72 Å². The van der Waals surface area contributed by atoms with Gasteiger partial charge in [0.1, 0.15) is 0 Å². The standard InChI is InChI=1S/C11H12N2O5S2/c1-13(5-8-6-19-7-12-8)20(15,16)10-4-3-9(18-10)11(14)17-2/h3-4,6-7H,5H2,1-2H3. The summed E-state index contributed by atoms with van der Waals surface area (Å²) in [7, 11) is -1.21. The number of hydrogen-bond donors (Lipinski definition) is 0. The van der Waals surface area contributed by atoms with E-state index in [4.69, 9.17) is 4.42 Å². The second kappa shape index (κ2) is 5.73. The summed E-state index contributed by atoms with van der Waals surface area (Å²) in [5, 5.41) is 1.45. The molecule has 0 aliphatic heterocycles. The summed E-state index contributed by atoms with van der Waals surface area (Å²) in [5.74, 6) is -0.887. The predicted octanol–water partition coefficient (Wildman–Crippen LogP) is 1.34. The molecule has 0 atom stereocenters. The fourth-order valence-corrected chi connectivity index (χ4v) is 3.05. The number of hydrogen-bond acceptors (Lipinski definition) is 7. The lowest BCUT2D eigenvalue weighted by Crippen LogP contribution is -2.26. The molecule has 7 nitrogen and oxygen atoms in total. The first kappa shape index (κ1) is 14.7. The molecule has 2 rings (SSSR count). The summed E-state index contributed by atoms with van der Waals surface area (Å²) >= 11 is 1.38. The third-order valence-electron chi connectivity index (χ3n) is 2.50. The van der Waals surface area contributed by atoms with Gasteiger partial charge < -0.3 is 9.15 Å². The minimum absolute atomic E-state index is 0.125. The Hall–Kier alpha value is -1.71. The van der Waals surface area contributed by atoms with Crippen molar-refractivity contribution in [2.75, 3.05) is 14.2 Å². The third-order valence-corrected chi connectivity index (χ3v) is 4.81. The van der Waals surface area contributed by atoms with E-state index in [0.29, 0.717) is 5.69 Å². The molecule has 0 radical (unpaired) electrons. The minimum Gasteiger partial charge on any atom is -0.463 e. The van der Waals surface area contributed by atoms with Gasteiger partial charge in [-0.1, -0.05) is 0 Å². The second-order valence-electron chi connectivity index (χ2n) is 3.85. The molecule has 0 aliphatic rings. The largest absolute Gasteiger partial charge is 0.463 e. The van der Waals surface area contributed by atoms with Crippen molar-refractivity contribution in [1.82, 2.24) is 9.29 Å². The van der Waals surface area contributed by atoms with Crippen LogP contribution in [0.1, 0.15) is 16.2 Å². The van der Waals surface area contributed by atoms with Crippen LogP contribution in [0.25, 0.3) is 0 Å². The van der Waals surface area contributed by atoms with Crippen LogP contribution < -0.4 is 0 Å². The van der Waals surface area contributed by atoms with E-state index in [1.54, 1.807) is 10.9 Å². The van der Waals surface area contributed by atoms with Crippen molar-refractivity contribution in [1.29, 1.82) is 0 Å². The first-order valence-corrected chi connectivity index (χ1v) is 7.85. The Labute approximate surface area is 119 Å². The average Bonchev–Trinajstić information content (AvgIpc) is 3.08. The molecule has 0 N–H and O–H groups in total. The van der Waals surface area contributed by atoms with Gasteiger partial charge in [-0.25, -0.2) is 18.2 Å². The van der Waals surface area contributed by atoms with E-state index >= 15 is 0 Å². The maximum atomic E-state index is 12.2. The molecule has 2 aromatic heterocycles. The minimum atomic E-state index is -3.81. The van der Waals surface area contributed by atoms with E-state index in [0.717, 1.165) is 4.31 Å². The first-order chi connectivity index (χ1) is 9.45. The number of thiazole rings is 1. The molecule has 0 bridgehead atoms. The van der Waals surface area contributed by atoms with Crippen LogP contribution in [0.15, 0.2) is 32.5 Å². The number of carbonyl (C=O) groups is 1. The summed E-state index contributed by atoms with van der Waals surface area (Å²) in [5.41, 5.74) is 2.26. The summed E-state index contributed by atoms with van der Waals surface area (Å²) in [6.45, 7) is 0.125. The highest BCUT2D eigenvalue weighted by Gasteiger charge is 2.26. The van der Waals surface area contributed by atoms with Crippen LogP contribution in [0.2, 0.25) is 0 Å². The molecule has 108 valence electrons. The topological polar surface area (TPSA) is 89.7 Å². The van der Waals surface area contributed by atoms with Crippen LogP contribution in [-0.2, 0) is 21.3 Å². The summed E-state index contributed by atoms with van der Waals surface area (Å²) in [4.78, 5) is 15.3. The van der Waals surface area contributed by atoms with Gasteiger partial charge in [0.2, 0.25) is 10.9 Å². The SMILES string of the molecule is COC(=O)c1ccc(S(=O)(=O)N(C)Cc2cscn2)o1. The lowest BCUT2D eigenvalue weighted by atomic mass is 10.5. The Morgan fingerprint density at radius 2 is 2.25 bits per heavy atom. The second-order valence-corrected chi connectivity index (χ2v) is 6.55. The molecule has 0 saturated carbocycles. The van der Waals surface area contributed by atoms with Crippen LogP contribution in [0.5, 0.6) is 0 Å². The number of sulfonamides is 1. The normalized spacial score (nSPS) is 11.8. The highest BCUT2D eigenvalue weighted by Crippen LogP contribution is 2.20. The Bertz CT molecular complexity index is 690. The smallest absolute Gasteiger partial charge is 0.374 e. The summed E-state index contributed by atoms with van der Waals surface area (Å²) in [6, 6.07) is 2.48. The molecule has 0 fully saturated rings. The quantitative estimate of drug-likeness (QED) is 0.773. The lowest BCUT2D eigenvalue weighted by molar-refractivity contribution is 0.0558. The fourth-order valence-electron chi connectivity index (χ4n) is 1.45. The Balaban J connectivity index is 2.21. The number of ether oxygens (including phenoxy) is 1. The molecule has 0 aliphatic carbocycles. The molecular weight excluding hydrogens is 304 g/mol. The third kappa shape index (κ3) is 2.89. The van der Waals surface area contributed by atoms with Crippen molar-refractivity contribution in [3.05, 3.63) is 34.5 Å². The van der Waals surface area contributed by atoms with Crippen LogP contribution in [0, 0.1) is 0 Å². The van der Waals surface area contributed by atoms with E-state index in [-0.39, 0.29) is 17.4 Å². The molecule has 0 aromatic carbocycles. The maximum absolute atomic E-state index is 12.2. The Kier molecular flexibility index (Phi) is 4.21. The van der Waals surface area contributed by atoms with Gasteiger partial charge in [0.25, 0.3) is 10.0 Å². The van der Waals surface area contributed by atoms with Crippen molar-refractivity contribution < 1.29 is 22.4 Å². The van der Waals surface area contributed by atoms with Crippen LogP contribution in [0.3, 0.4) is 0 Å². The number of rotatable bonds is 5. The molecule has 0 saturated heterocycles. The molecular formula is C11H12N2O5S2. The Morgan fingerprint density at radius 1 is 1.50 bits per heavy atom. The van der Waals surface area contributed by atoms with Gasteiger partial charge in [-0.2, -0.15) is 4.31 Å². The number of esters is 1. The monoisotopic (exact) mass is 316 g/mol. The highest BCUT2D eigenvalue weighted by atomic mass is 32.2. The van der Waals surface area contributed by atoms with E-state index in [9.17, 15) is 13.2 Å². The van der Waals surface area contributed by atoms with E-state index in [1.807, 2.05) is 0 Å². The average molecular weight is 316 g/mol. The van der Waals surface area contributed by atoms with Crippen molar-refractivity contribution in [3.63, 3.8) is 0 Å². The zero-order chi connectivity index (χ0) is 14.8. The maximum Gasteiger partial charge on any atom is 0.374 e. The summed E-state index contributed by atoms with van der Waals surface area (Å²) in [6.07, 6.45) is 0. The molecule has 2 aromatic rings. The lowest BCUT2D eigenvalue weighted by Gasteiger charge is -2.13. The first-order valence-electron chi connectivity index (χ1n) is 5.46. The van der Waals surface area contributed by atoms with E-state index < -0.39 is 16.0 Å². The van der Waals surface area contributed by atoms with Gasteiger partial charge >= 0.3 is 5.97 Å².